The minimum Gasteiger partial charge on any atom is -0.166 e. The van der Waals surface area contributed by atoms with E-state index >= 15 is 0 Å². The first-order valence-electron chi connectivity index (χ1n) is 6.81. The predicted octanol–water partition coefficient (Wildman–Crippen LogP) is 5.45. The molecule has 0 amide bonds. The third-order valence-electron chi connectivity index (χ3n) is 3.59. The molecule has 1 aromatic carbocycles. The van der Waals surface area contributed by atoms with Gasteiger partial charge in [0.15, 0.2) is 0 Å². The van der Waals surface area contributed by atoms with Crippen LogP contribution >= 0.6 is 0 Å². The van der Waals surface area contributed by atoms with E-state index in [1.807, 2.05) is 6.07 Å². The monoisotopic (exact) mass is 268 g/mol. The van der Waals surface area contributed by atoms with Gasteiger partial charge >= 0.3 is 6.18 Å². The van der Waals surface area contributed by atoms with Crippen LogP contribution in [0.1, 0.15) is 48.8 Å². The highest BCUT2D eigenvalue weighted by Gasteiger charge is 2.30. The fourth-order valence-corrected chi connectivity index (χ4v) is 2.62. The van der Waals surface area contributed by atoms with Gasteiger partial charge in [-0.3, -0.25) is 0 Å². The zero-order valence-electron chi connectivity index (χ0n) is 11.2. The van der Waals surface area contributed by atoms with Crippen molar-refractivity contribution in [1.29, 1.82) is 0 Å². The van der Waals surface area contributed by atoms with Gasteiger partial charge in [0.25, 0.3) is 0 Å². The Morgan fingerprint density at radius 1 is 1.05 bits per heavy atom. The molecule has 19 heavy (non-hydrogen) atoms. The summed E-state index contributed by atoms with van der Waals surface area (Å²) in [6.45, 7) is 1.71. The summed E-state index contributed by atoms with van der Waals surface area (Å²) in [5.74, 6) is 0. The molecule has 0 heterocycles. The van der Waals surface area contributed by atoms with E-state index in [0.29, 0.717) is 12.0 Å². The molecule has 0 aromatic heterocycles. The summed E-state index contributed by atoms with van der Waals surface area (Å²) in [6, 6.07) is 4.32. The Balaban J connectivity index is 2.14. The zero-order chi connectivity index (χ0) is 13.9. The highest BCUT2D eigenvalue weighted by Crippen LogP contribution is 2.31. The van der Waals surface area contributed by atoms with E-state index in [9.17, 15) is 13.2 Å². The molecule has 1 saturated carbocycles. The van der Waals surface area contributed by atoms with E-state index in [0.717, 1.165) is 18.4 Å². The molecular formula is C16H19F3. The third kappa shape index (κ3) is 4.12. The Bertz CT molecular complexity index is 461. The maximum absolute atomic E-state index is 12.7. The van der Waals surface area contributed by atoms with Crippen LogP contribution in [0.5, 0.6) is 0 Å². The second-order valence-electron chi connectivity index (χ2n) is 5.33. The van der Waals surface area contributed by atoms with Crippen LogP contribution in [-0.2, 0) is 12.6 Å². The van der Waals surface area contributed by atoms with E-state index in [-0.39, 0.29) is 0 Å². The summed E-state index contributed by atoms with van der Waals surface area (Å²) in [5.41, 5.74) is 2.29. The van der Waals surface area contributed by atoms with Crippen molar-refractivity contribution in [3.8, 4) is 0 Å². The largest absolute Gasteiger partial charge is 0.416 e. The molecule has 1 aromatic rings. The van der Waals surface area contributed by atoms with E-state index in [1.165, 1.54) is 37.0 Å². The standard InChI is InChI=1S/C16H19F3/c1-12-9-14(11-15(10-12)16(17,18)19)8-7-13-5-3-2-4-6-13/h7,9-11H,2-6,8H2,1H3. The number of rotatable bonds is 2. The number of alkyl halides is 3. The maximum atomic E-state index is 12.7. The number of aryl methyl sites for hydroxylation is 1. The zero-order valence-corrected chi connectivity index (χ0v) is 11.2. The summed E-state index contributed by atoms with van der Waals surface area (Å²) >= 11 is 0. The van der Waals surface area contributed by atoms with E-state index in [2.05, 4.69) is 6.08 Å². The minimum atomic E-state index is -4.25. The SMILES string of the molecule is Cc1cc(CC=C2CCCCC2)cc(C(F)(F)F)c1. The lowest BCUT2D eigenvalue weighted by Gasteiger charge is -2.14. The van der Waals surface area contributed by atoms with Gasteiger partial charge in [-0.15, -0.1) is 0 Å². The molecule has 1 aliphatic rings. The second kappa shape index (κ2) is 5.81. The quantitative estimate of drug-likeness (QED) is 0.626. The lowest BCUT2D eigenvalue weighted by Crippen LogP contribution is -2.06. The number of hydrogen-bond acceptors (Lipinski definition) is 0. The van der Waals surface area contributed by atoms with Crippen LogP contribution in [-0.4, -0.2) is 0 Å². The van der Waals surface area contributed by atoms with Crippen molar-refractivity contribution >= 4 is 0 Å². The molecule has 0 saturated heterocycles. The normalized spacial score (nSPS) is 16.5. The Morgan fingerprint density at radius 3 is 2.37 bits per heavy atom. The highest BCUT2D eigenvalue weighted by atomic mass is 19.4. The minimum absolute atomic E-state index is 0.537. The van der Waals surface area contributed by atoms with Crippen molar-refractivity contribution < 1.29 is 13.2 Å². The van der Waals surface area contributed by atoms with Crippen LogP contribution in [0, 0.1) is 6.92 Å². The van der Waals surface area contributed by atoms with Gasteiger partial charge in [-0.05, 0) is 56.7 Å². The summed E-state index contributed by atoms with van der Waals surface area (Å²) < 4.78 is 38.2. The Labute approximate surface area is 112 Å². The second-order valence-corrected chi connectivity index (χ2v) is 5.33. The Morgan fingerprint density at radius 2 is 1.74 bits per heavy atom. The van der Waals surface area contributed by atoms with Gasteiger partial charge in [0.2, 0.25) is 0 Å². The highest BCUT2D eigenvalue weighted by molar-refractivity contribution is 5.32. The molecule has 0 atom stereocenters. The van der Waals surface area contributed by atoms with Crippen LogP contribution < -0.4 is 0 Å². The molecule has 2 rings (SSSR count). The molecule has 0 spiro atoms. The third-order valence-corrected chi connectivity index (χ3v) is 3.59. The molecule has 1 fully saturated rings. The lowest BCUT2D eigenvalue weighted by atomic mass is 9.93. The maximum Gasteiger partial charge on any atom is 0.416 e. The molecule has 0 radical (unpaired) electrons. The van der Waals surface area contributed by atoms with Crippen LogP contribution in [0.15, 0.2) is 29.8 Å². The van der Waals surface area contributed by atoms with Gasteiger partial charge in [0.05, 0.1) is 5.56 Å². The van der Waals surface area contributed by atoms with Gasteiger partial charge in [0.1, 0.15) is 0 Å². The van der Waals surface area contributed by atoms with Crippen LogP contribution in [0.4, 0.5) is 13.2 Å². The molecule has 104 valence electrons. The Hall–Kier alpha value is -1.25. The lowest BCUT2D eigenvalue weighted by molar-refractivity contribution is -0.137. The first-order chi connectivity index (χ1) is 8.95. The van der Waals surface area contributed by atoms with Gasteiger partial charge < -0.3 is 0 Å². The summed E-state index contributed by atoms with van der Waals surface area (Å²) in [4.78, 5) is 0. The van der Waals surface area contributed by atoms with Gasteiger partial charge in [-0.2, -0.15) is 13.2 Å². The summed E-state index contributed by atoms with van der Waals surface area (Å²) in [5, 5.41) is 0. The molecule has 1 aliphatic carbocycles. The van der Waals surface area contributed by atoms with Crippen molar-refractivity contribution in [2.75, 3.05) is 0 Å². The van der Waals surface area contributed by atoms with Crippen molar-refractivity contribution in [2.45, 2.75) is 51.6 Å². The number of benzene rings is 1. The average molecular weight is 268 g/mol. The molecule has 0 bridgehead atoms. The molecule has 0 unspecified atom stereocenters. The first kappa shape index (κ1) is 14.2. The van der Waals surface area contributed by atoms with Crippen molar-refractivity contribution in [2.24, 2.45) is 0 Å². The average Bonchev–Trinajstić information content (AvgIpc) is 2.36. The first-order valence-corrected chi connectivity index (χ1v) is 6.81. The molecule has 3 heteroatoms. The smallest absolute Gasteiger partial charge is 0.166 e. The fourth-order valence-electron chi connectivity index (χ4n) is 2.62. The summed E-state index contributed by atoms with van der Waals surface area (Å²) in [6.07, 6.45) is 4.41. The van der Waals surface area contributed by atoms with Crippen molar-refractivity contribution in [3.05, 3.63) is 46.5 Å². The van der Waals surface area contributed by atoms with Crippen molar-refractivity contribution in [3.63, 3.8) is 0 Å². The van der Waals surface area contributed by atoms with Gasteiger partial charge in [-0.25, -0.2) is 0 Å². The van der Waals surface area contributed by atoms with Crippen LogP contribution in [0.25, 0.3) is 0 Å². The predicted molar refractivity (Wildman–Crippen MR) is 71.1 cm³/mol. The molecule has 0 aliphatic heterocycles. The van der Waals surface area contributed by atoms with Crippen molar-refractivity contribution in [1.82, 2.24) is 0 Å². The molecular weight excluding hydrogens is 249 g/mol. The fraction of sp³-hybridized carbons (Fsp3) is 0.500. The molecule has 0 N–H and O–H groups in total. The number of hydrogen-bond donors (Lipinski definition) is 0. The number of halogens is 3. The van der Waals surface area contributed by atoms with Gasteiger partial charge in [-0.1, -0.05) is 29.7 Å². The van der Waals surface area contributed by atoms with E-state index < -0.39 is 11.7 Å². The van der Waals surface area contributed by atoms with Gasteiger partial charge in [0, 0.05) is 0 Å². The van der Waals surface area contributed by atoms with E-state index in [1.54, 1.807) is 6.92 Å². The van der Waals surface area contributed by atoms with E-state index in [4.69, 9.17) is 0 Å². The Kier molecular flexibility index (Phi) is 4.33. The van der Waals surface area contributed by atoms with Crippen LogP contribution in [0.2, 0.25) is 0 Å². The summed E-state index contributed by atoms with van der Waals surface area (Å²) in [7, 11) is 0. The molecule has 0 nitrogen and oxygen atoms in total. The number of allylic oxidation sites excluding steroid dienone is 2. The van der Waals surface area contributed by atoms with Crippen LogP contribution in [0.3, 0.4) is 0 Å². The topological polar surface area (TPSA) is 0 Å².